The summed E-state index contributed by atoms with van der Waals surface area (Å²) in [6, 6.07) is 10.8. The minimum atomic E-state index is -0.705. The van der Waals surface area contributed by atoms with Crippen molar-refractivity contribution in [1.29, 1.82) is 0 Å². The molecule has 34 heavy (non-hydrogen) atoms. The molecule has 0 heterocycles. The number of anilines is 2. The second-order valence-corrected chi connectivity index (χ2v) is 8.15. The molecule has 0 atom stereocenters. The first kappa shape index (κ1) is 27.1. The maximum absolute atomic E-state index is 12.1. The van der Waals surface area contributed by atoms with Gasteiger partial charge in [-0.05, 0) is 48.9 Å². The van der Waals surface area contributed by atoms with Crippen molar-refractivity contribution in [3.63, 3.8) is 0 Å². The maximum Gasteiger partial charge on any atom is 0.338 e. The number of carbonyl (C=O) groups is 4. The molecule has 0 aliphatic heterocycles. The van der Waals surface area contributed by atoms with Gasteiger partial charge in [-0.25, -0.2) is 4.79 Å². The van der Waals surface area contributed by atoms with E-state index in [-0.39, 0.29) is 17.9 Å². The van der Waals surface area contributed by atoms with Crippen LogP contribution in [0.5, 0.6) is 0 Å². The molecule has 8 nitrogen and oxygen atoms in total. The molecule has 0 unspecified atom stereocenters. The minimum absolute atomic E-state index is 0.137. The van der Waals surface area contributed by atoms with E-state index in [1.807, 2.05) is 0 Å². The summed E-state index contributed by atoms with van der Waals surface area (Å²) in [6.45, 7) is 1.91. The van der Waals surface area contributed by atoms with Crippen LogP contribution in [0.2, 0.25) is 10.0 Å². The quantitative estimate of drug-likeness (QED) is 0.299. The number of carbonyl (C=O) groups excluding carboxylic acids is 4. The van der Waals surface area contributed by atoms with Gasteiger partial charge in [-0.2, -0.15) is 0 Å². The Morgan fingerprint density at radius 3 is 2.29 bits per heavy atom. The van der Waals surface area contributed by atoms with Gasteiger partial charge in [-0.3, -0.25) is 14.4 Å². The van der Waals surface area contributed by atoms with Crippen LogP contribution in [0.15, 0.2) is 42.5 Å². The third-order valence-corrected chi connectivity index (χ3v) is 5.07. The van der Waals surface area contributed by atoms with Gasteiger partial charge in [0.05, 0.1) is 29.3 Å². The van der Waals surface area contributed by atoms with Gasteiger partial charge in [0.25, 0.3) is 5.91 Å². The van der Waals surface area contributed by atoms with Crippen molar-refractivity contribution < 1.29 is 28.7 Å². The Bertz CT molecular complexity index is 1010. The SMILES string of the molecule is CCCCCOC(=O)c1ccc(NC(=O)CCC(=O)OCC(=O)Nc2cc(Cl)ccc2Cl)cc1. The van der Waals surface area contributed by atoms with Crippen LogP contribution < -0.4 is 10.6 Å². The average molecular weight is 509 g/mol. The lowest BCUT2D eigenvalue weighted by molar-refractivity contribution is -0.147. The summed E-state index contributed by atoms with van der Waals surface area (Å²) in [6.07, 6.45) is 2.51. The molecule has 0 spiro atoms. The molecule has 2 rings (SSSR count). The molecule has 182 valence electrons. The van der Waals surface area contributed by atoms with Gasteiger partial charge in [0, 0.05) is 17.1 Å². The number of hydrogen-bond acceptors (Lipinski definition) is 6. The van der Waals surface area contributed by atoms with Crippen LogP contribution in [0.3, 0.4) is 0 Å². The van der Waals surface area contributed by atoms with E-state index in [0.717, 1.165) is 19.3 Å². The van der Waals surface area contributed by atoms with Gasteiger partial charge in [0.15, 0.2) is 6.61 Å². The first-order valence-electron chi connectivity index (χ1n) is 10.8. The predicted molar refractivity (Wildman–Crippen MR) is 130 cm³/mol. The van der Waals surface area contributed by atoms with Gasteiger partial charge in [0.1, 0.15) is 0 Å². The number of rotatable bonds is 12. The highest BCUT2D eigenvalue weighted by Crippen LogP contribution is 2.25. The van der Waals surface area contributed by atoms with Gasteiger partial charge >= 0.3 is 11.9 Å². The van der Waals surface area contributed by atoms with Crippen molar-refractivity contribution >= 4 is 58.3 Å². The van der Waals surface area contributed by atoms with Crippen molar-refractivity contribution in [2.45, 2.75) is 39.0 Å². The van der Waals surface area contributed by atoms with E-state index in [2.05, 4.69) is 17.6 Å². The van der Waals surface area contributed by atoms with Crippen molar-refractivity contribution in [1.82, 2.24) is 0 Å². The highest BCUT2D eigenvalue weighted by atomic mass is 35.5. The lowest BCUT2D eigenvalue weighted by Crippen LogP contribution is -2.22. The summed E-state index contributed by atoms with van der Waals surface area (Å²) in [5.41, 5.74) is 1.15. The molecule has 0 saturated carbocycles. The van der Waals surface area contributed by atoms with E-state index in [4.69, 9.17) is 32.7 Å². The fourth-order valence-electron chi connectivity index (χ4n) is 2.73. The predicted octanol–water partition coefficient (Wildman–Crippen LogP) is 5.24. The summed E-state index contributed by atoms with van der Waals surface area (Å²) < 4.78 is 10.1. The van der Waals surface area contributed by atoms with E-state index in [1.165, 1.54) is 12.1 Å². The van der Waals surface area contributed by atoms with Gasteiger partial charge < -0.3 is 20.1 Å². The van der Waals surface area contributed by atoms with Gasteiger partial charge in [-0.1, -0.05) is 43.0 Å². The standard InChI is InChI=1S/C24H26Cl2N2O6/c1-2-3-4-13-33-24(32)16-5-8-18(9-6-16)27-21(29)11-12-23(31)34-15-22(30)28-20-14-17(25)7-10-19(20)26/h5-10,14H,2-4,11-13,15H2,1H3,(H,27,29)(H,28,30). The Kier molecular flexibility index (Phi) is 11.4. The second-order valence-electron chi connectivity index (χ2n) is 7.30. The van der Waals surface area contributed by atoms with Crippen molar-refractivity contribution in [3.05, 3.63) is 58.1 Å². The number of benzene rings is 2. The van der Waals surface area contributed by atoms with Gasteiger partial charge in [-0.15, -0.1) is 0 Å². The van der Waals surface area contributed by atoms with Crippen LogP contribution >= 0.6 is 23.2 Å². The molecular formula is C24H26Cl2N2O6. The molecule has 0 radical (unpaired) electrons. The zero-order valence-electron chi connectivity index (χ0n) is 18.7. The number of hydrogen-bond donors (Lipinski definition) is 2. The molecule has 0 bridgehead atoms. The first-order chi connectivity index (χ1) is 16.3. The summed E-state index contributed by atoms with van der Waals surface area (Å²) in [5, 5.41) is 5.79. The van der Waals surface area contributed by atoms with Crippen molar-refractivity contribution in [3.8, 4) is 0 Å². The van der Waals surface area contributed by atoms with Gasteiger partial charge in [0.2, 0.25) is 5.91 Å². The molecule has 0 aliphatic rings. The lowest BCUT2D eigenvalue weighted by atomic mass is 10.2. The van der Waals surface area contributed by atoms with Crippen LogP contribution in [0.25, 0.3) is 0 Å². The summed E-state index contributed by atoms with van der Waals surface area (Å²) in [5.74, 6) is -2.13. The number of nitrogens with one attached hydrogen (secondary N) is 2. The first-order valence-corrected chi connectivity index (χ1v) is 11.5. The molecule has 0 aliphatic carbocycles. The van der Waals surface area contributed by atoms with Crippen molar-refractivity contribution in [2.75, 3.05) is 23.8 Å². The zero-order chi connectivity index (χ0) is 24.9. The number of halogens is 2. The maximum atomic E-state index is 12.1. The van der Waals surface area contributed by atoms with Crippen LogP contribution in [-0.4, -0.2) is 37.0 Å². The molecule has 0 aromatic heterocycles. The third-order valence-electron chi connectivity index (χ3n) is 4.51. The topological polar surface area (TPSA) is 111 Å². The van der Waals surface area contributed by atoms with E-state index in [0.29, 0.717) is 28.6 Å². The minimum Gasteiger partial charge on any atom is -0.462 e. The fraction of sp³-hybridized carbons (Fsp3) is 0.333. The Morgan fingerprint density at radius 1 is 0.853 bits per heavy atom. The Balaban J connectivity index is 1.69. The lowest BCUT2D eigenvalue weighted by Gasteiger charge is -2.09. The summed E-state index contributed by atoms with van der Waals surface area (Å²) in [4.78, 5) is 47.8. The summed E-state index contributed by atoms with van der Waals surface area (Å²) >= 11 is 11.8. The van der Waals surface area contributed by atoms with Crippen LogP contribution in [-0.2, 0) is 23.9 Å². The van der Waals surface area contributed by atoms with Crippen molar-refractivity contribution in [2.24, 2.45) is 0 Å². The largest absolute Gasteiger partial charge is 0.462 e. The fourth-order valence-corrected chi connectivity index (χ4v) is 3.06. The molecule has 2 aromatic carbocycles. The molecule has 10 heteroatoms. The molecular weight excluding hydrogens is 483 g/mol. The molecule has 2 amide bonds. The van der Waals surface area contributed by atoms with Crippen LogP contribution in [0, 0.1) is 0 Å². The van der Waals surface area contributed by atoms with Crippen LogP contribution in [0.1, 0.15) is 49.4 Å². The normalized spacial score (nSPS) is 10.3. The second kappa shape index (κ2) is 14.2. The molecule has 0 saturated heterocycles. The molecule has 2 aromatic rings. The number of ether oxygens (including phenoxy) is 2. The van der Waals surface area contributed by atoms with Crippen LogP contribution in [0.4, 0.5) is 11.4 Å². The number of unbranched alkanes of at least 4 members (excludes halogenated alkanes) is 2. The summed E-state index contributed by atoms with van der Waals surface area (Å²) in [7, 11) is 0. The molecule has 0 fully saturated rings. The van der Waals surface area contributed by atoms with E-state index in [9.17, 15) is 19.2 Å². The molecule has 2 N–H and O–H groups in total. The highest BCUT2D eigenvalue weighted by Gasteiger charge is 2.13. The highest BCUT2D eigenvalue weighted by molar-refractivity contribution is 6.35. The smallest absolute Gasteiger partial charge is 0.338 e. The van der Waals surface area contributed by atoms with E-state index in [1.54, 1.807) is 30.3 Å². The van der Waals surface area contributed by atoms with E-state index >= 15 is 0 Å². The third kappa shape index (κ3) is 9.80. The van der Waals surface area contributed by atoms with E-state index < -0.39 is 30.4 Å². The zero-order valence-corrected chi connectivity index (χ0v) is 20.2. The Morgan fingerprint density at radius 2 is 1.59 bits per heavy atom. The Hall–Kier alpha value is -3.10. The monoisotopic (exact) mass is 508 g/mol. The number of esters is 2. The Labute approximate surface area is 207 Å². The number of amides is 2. The average Bonchev–Trinajstić information content (AvgIpc) is 2.82.